The van der Waals surface area contributed by atoms with E-state index in [1.807, 2.05) is 62.4 Å². The van der Waals surface area contributed by atoms with E-state index >= 15 is 0 Å². The fourth-order valence-electron chi connectivity index (χ4n) is 2.82. The lowest BCUT2D eigenvalue weighted by molar-refractivity contribution is 0.0712. The number of hydrogen-bond acceptors (Lipinski definition) is 3. The fourth-order valence-corrected chi connectivity index (χ4v) is 2.82. The van der Waals surface area contributed by atoms with Crippen LogP contribution in [-0.4, -0.2) is 25.0 Å². The maximum absolute atomic E-state index is 12.9. The molecule has 4 nitrogen and oxygen atoms in total. The summed E-state index contributed by atoms with van der Waals surface area (Å²) in [5.41, 5.74) is 2.61. The summed E-state index contributed by atoms with van der Waals surface area (Å²) >= 11 is 0. The van der Waals surface area contributed by atoms with Crippen molar-refractivity contribution in [2.45, 2.75) is 19.9 Å². The molecule has 0 aliphatic heterocycles. The van der Waals surface area contributed by atoms with Crippen molar-refractivity contribution < 1.29 is 13.9 Å². The van der Waals surface area contributed by atoms with Crippen molar-refractivity contribution in [2.24, 2.45) is 0 Å². The van der Waals surface area contributed by atoms with Gasteiger partial charge in [0.15, 0.2) is 5.76 Å². The lowest BCUT2D eigenvalue weighted by Crippen LogP contribution is -2.29. The normalized spacial score (nSPS) is 12.2. The van der Waals surface area contributed by atoms with Crippen LogP contribution in [0, 0.1) is 6.92 Å². The molecule has 4 heteroatoms. The molecule has 0 radical (unpaired) electrons. The van der Waals surface area contributed by atoms with E-state index in [0.717, 1.165) is 22.3 Å². The number of nitrogens with zero attached hydrogens (tertiary/aromatic N) is 1. The van der Waals surface area contributed by atoms with Crippen LogP contribution in [0.3, 0.4) is 0 Å². The van der Waals surface area contributed by atoms with E-state index in [2.05, 4.69) is 0 Å². The molecular weight excluding hydrogens is 302 g/mol. The molecule has 1 amide bonds. The zero-order valence-electron chi connectivity index (χ0n) is 14.4. The first kappa shape index (κ1) is 16.1. The van der Waals surface area contributed by atoms with Crippen molar-refractivity contribution in [3.8, 4) is 5.75 Å². The Morgan fingerprint density at radius 3 is 2.54 bits per heavy atom. The van der Waals surface area contributed by atoms with Gasteiger partial charge in [-0.05, 0) is 37.6 Å². The number of amides is 1. The molecule has 0 bridgehead atoms. The highest BCUT2D eigenvalue weighted by atomic mass is 16.5. The van der Waals surface area contributed by atoms with Crippen molar-refractivity contribution in [2.75, 3.05) is 14.2 Å². The molecular formula is C20H21NO3. The number of rotatable bonds is 4. The second-order valence-corrected chi connectivity index (χ2v) is 5.92. The molecule has 0 fully saturated rings. The van der Waals surface area contributed by atoms with Crippen LogP contribution in [0.15, 0.2) is 52.9 Å². The van der Waals surface area contributed by atoms with Gasteiger partial charge in [0.25, 0.3) is 5.91 Å². The Morgan fingerprint density at radius 1 is 1.17 bits per heavy atom. The highest BCUT2D eigenvalue weighted by molar-refractivity contribution is 5.99. The van der Waals surface area contributed by atoms with Gasteiger partial charge in [0, 0.05) is 18.0 Å². The molecule has 0 aliphatic carbocycles. The molecule has 24 heavy (non-hydrogen) atoms. The molecule has 1 aromatic heterocycles. The Bertz CT molecular complexity index is 867. The lowest BCUT2D eigenvalue weighted by Gasteiger charge is -2.24. The molecule has 1 atom stereocenters. The third-order valence-corrected chi connectivity index (χ3v) is 4.52. The van der Waals surface area contributed by atoms with Crippen molar-refractivity contribution in [1.82, 2.24) is 4.90 Å². The van der Waals surface area contributed by atoms with Gasteiger partial charge in [0.05, 0.1) is 13.2 Å². The van der Waals surface area contributed by atoms with Crippen LogP contribution in [0.4, 0.5) is 0 Å². The minimum atomic E-state index is -0.126. The van der Waals surface area contributed by atoms with E-state index in [4.69, 9.17) is 9.15 Å². The van der Waals surface area contributed by atoms with Gasteiger partial charge in [-0.1, -0.05) is 30.3 Å². The van der Waals surface area contributed by atoms with Gasteiger partial charge in [-0.2, -0.15) is 0 Å². The topological polar surface area (TPSA) is 42.7 Å². The Labute approximate surface area is 141 Å². The van der Waals surface area contributed by atoms with E-state index in [0.29, 0.717) is 11.3 Å². The Hall–Kier alpha value is -2.75. The summed E-state index contributed by atoms with van der Waals surface area (Å²) in [6, 6.07) is 15.5. The minimum Gasteiger partial charge on any atom is -0.497 e. The molecule has 0 saturated heterocycles. The second kappa shape index (κ2) is 6.40. The highest BCUT2D eigenvalue weighted by Gasteiger charge is 2.25. The largest absolute Gasteiger partial charge is 0.497 e. The predicted octanol–water partition coefficient (Wildman–Crippen LogP) is 4.58. The molecule has 0 spiro atoms. The summed E-state index contributed by atoms with van der Waals surface area (Å²) in [5.74, 6) is 0.999. The third kappa shape index (κ3) is 2.75. The smallest absolute Gasteiger partial charge is 0.290 e. The van der Waals surface area contributed by atoms with Gasteiger partial charge in [0.1, 0.15) is 11.3 Å². The fraction of sp³-hybridized carbons (Fsp3) is 0.250. The first-order chi connectivity index (χ1) is 11.5. The molecule has 0 unspecified atom stereocenters. The summed E-state index contributed by atoms with van der Waals surface area (Å²) in [7, 11) is 3.42. The van der Waals surface area contributed by atoms with Crippen LogP contribution < -0.4 is 4.74 Å². The third-order valence-electron chi connectivity index (χ3n) is 4.52. The summed E-state index contributed by atoms with van der Waals surface area (Å²) < 4.78 is 11.1. The van der Waals surface area contributed by atoms with Gasteiger partial charge < -0.3 is 14.1 Å². The quantitative estimate of drug-likeness (QED) is 0.705. The maximum atomic E-state index is 12.9. The van der Waals surface area contributed by atoms with E-state index < -0.39 is 0 Å². The van der Waals surface area contributed by atoms with Gasteiger partial charge in [-0.15, -0.1) is 0 Å². The van der Waals surface area contributed by atoms with Gasteiger partial charge in [0.2, 0.25) is 0 Å². The van der Waals surface area contributed by atoms with E-state index in [-0.39, 0.29) is 11.9 Å². The average molecular weight is 323 g/mol. The van der Waals surface area contributed by atoms with E-state index in [1.165, 1.54) is 0 Å². The Balaban J connectivity index is 1.94. The average Bonchev–Trinajstić information content (AvgIpc) is 2.96. The van der Waals surface area contributed by atoms with Crippen molar-refractivity contribution in [1.29, 1.82) is 0 Å². The first-order valence-electron chi connectivity index (χ1n) is 7.92. The Morgan fingerprint density at radius 2 is 1.88 bits per heavy atom. The first-order valence-corrected chi connectivity index (χ1v) is 7.92. The summed E-state index contributed by atoms with van der Waals surface area (Å²) in [6.45, 7) is 3.91. The zero-order chi connectivity index (χ0) is 17.3. The van der Waals surface area contributed by atoms with Crippen LogP contribution in [-0.2, 0) is 0 Å². The van der Waals surface area contributed by atoms with Crippen molar-refractivity contribution >= 4 is 16.9 Å². The SMILES string of the molecule is COc1ccc2oc(C(=O)N(C)[C@H](C)c3ccccc3)c(C)c2c1. The van der Waals surface area contributed by atoms with Crippen LogP contribution >= 0.6 is 0 Å². The number of methoxy groups -OCH3 is 1. The van der Waals surface area contributed by atoms with Crippen LogP contribution in [0.5, 0.6) is 5.75 Å². The molecule has 124 valence electrons. The lowest BCUT2D eigenvalue weighted by atomic mass is 10.1. The number of aryl methyl sites for hydroxylation is 1. The van der Waals surface area contributed by atoms with Crippen molar-refractivity contribution in [3.63, 3.8) is 0 Å². The second-order valence-electron chi connectivity index (χ2n) is 5.92. The van der Waals surface area contributed by atoms with Crippen LogP contribution in [0.1, 0.15) is 34.6 Å². The number of hydrogen-bond donors (Lipinski definition) is 0. The number of benzene rings is 2. The number of fused-ring (bicyclic) bond motifs is 1. The monoisotopic (exact) mass is 323 g/mol. The molecule has 0 N–H and O–H groups in total. The van der Waals surface area contributed by atoms with E-state index in [9.17, 15) is 4.79 Å². The number of carbonyl (C=O) groups is 1. The number of carbonyl (C=O) groups excluding carboxylic acids is 1. The summed E-state index contributed by atoms with van der Waals surface area (Å²) in [6.07, 6.45) is 0. The van der Waals surface area contributed by atoms with Gasteiger partial charge in [-0.3, -0.25) is 4.79 Å². The molecule has 1 heterocycles. The molecule has 3 rings (SSSR count). The zero-order valence-corrected chi connectivity index (χ0v) is 14.4. The Kier molecular flexibility index (Phi) is 4.30. The van der Waals surface area contributed by atoms with E-state index in [1.54, 1.807) is 19.1 Å². The van der Waals surface area contributed by atoms with Crippen molar-refractivity contribution in [3.05, 3.63) is 65.4 Å². The van der Waals surface area contributed by atoms with Crippen LogP contribution in [0.25, 0.3) is 11.0 Å². The molecule has 3 aromatic rings. The summed E-state index contributed by atoms with van der Waals surface area (Å²) in [5, 5.41) is 0.901. The highest BCUT2D eigenvalue weighted by Crippen LogP contribution is 2.30. The van der Waals surface area contributed by atoms with Crippen LogP contribution in [0.2, 0.25) is 0 Å². The predicted molar refractivity (Wildman–Crippen MR) is 94.5 cm³/mol. The standard InChI is InChI=1S/C20H21NO3/c1-13-17-12-16(23-4)10-11-18(17)24-19(13)20(22)21(3)14(2)15-8-6-5-7-9-15/h5-12,14H,1-4H3/t14-/m1/s1. The molecule has 0 aliphatic rings. The summed E-state index contributed by atoms with van der Waals surface area (Å²) in [4.78, 5) is 14.6. The minimum absolute atomic E-state index is 0.0409. The number of furan rings is 1. The molecule has 0 saturated carbocycles. The van der Waals surface area contributed by atoms with Gasteiger partial charge >= 0.3 is 0 Å². The number of ether oxygens (including phenoxy) is 1. The molecule has 2 aromatic carbocycles. The van der Waals surface area contributed by atoms with Gasteiger partial charge in [-0.25, -0.2) is 0 Å². The maximum Gasteiger partial charge on any atom is 0.290 e.